The predicted molar refractivity (Wildman–Crippen MR) is 111 cm³/mol. The highest BCUT2D eigenvalue weighted by Crippen LogP contribution is 2.42. The van der Waals surface area contributed by atoms with E-state index in [4.69, 9.17) is 0 Å². The van der Waals surface area contributed by atoms with Crippen molar-refractivity contribution in [3.8, 4) is 0 Å². The fraction of sp³-hybridized carbons (Fsp3) is 0.200. The maximum Gasteiger partial charge on any atom is 0.0626 e. The first-order valence-electron chi connectivity index (χ1n) is 9.31. The van der Waals surface area contributed by atoms with Crippen molar-refractivity contribution >= 4 is 11.4 Å². The minimum Gasteiger partial charge on any atom is -0.333 e. The quantitative estimate of drug-likeness (QED) is 0.519. The zero-order valence-electron chi connectivity index (χ0n) is 15.7. The summed E-state index contributed by atoms with van der Waals surface area (Å²) in [6, 6.07) is 27.1. The predicted octanol–water partition coefficient (Wildman–Crippen LogP) is 6.60. The molecule has 0 N–H and O–H groups in total. The highest BCUT2D eigenvalue weighted by molar-refractivity contribution is 5.83. The summed E-state index contributed by atoms with van der Waals surface area (Å²) in [7, 11) is 0. The van der Waals surface area contributed by atoms with Crippen molar-refractivity contribution in [2.45, 2.75) is 33.2 Å². The van der Waals surface area contributed by atoms with Crippen LogP contribution in [0.25, 0.3) is 5.70 Å². The molecular formula is C25H25N. The van der Waals surface area contributed by atoms with Crippen LogP contribution in [-0.4, -0.2) is 0 Å². The molecule has 1 heterocycles. The lowest BCUT2D eigenvalue weighted by molar-refractivity contribution is 0.748. The molecule has 0 saturated carbocycles. The highest BCUT2D eigenvalue weighted by Gasteiger charge is 2.29. The Morgan fingerprint density at radius 2 is 1.15 bits per heavy atom. The van der Waals surface area contributed by atoms with Gasteiger partial charge in [0.25, 0.3) is 0 Å². The van der Waals surface area contributed by atoms with Gasteiger partial charge in [0, 0.05) is 11.4 Å². The number of benzene rings is 3. The van der Waals surface area contributed by atoms with Gasteiger partial charge in [0.15, 0.2) is 0 Å². The normalized spacial score (nSPS) is 16.7. The molecule has 0 saturated heterocycles. The molecule has 1 nitrogen and oxygen atoms in total. The minimum atomic E-state index is 0.342. The number of anilines is 1. The lowest BCUT2D eigenvalue weighted by atomic mass is 10.0. The Morgan fingerprint density at radius 1 is 0.654 bits per heavy atom. The zero-order valence-corrected chi connectivity index (χ0v) is 15.7. The number of rotatable bonds is 3. The molecule has 0 aliphatic carbocycles. The second-order valence-electron chi connectivity index (χ2n) is 7.32. The van der Waals surface area contributed by atoms with E-state index in [0.717, 1.165) is 6.42 Å². The first kappa shape index (κ1) is 16.7. The monoisotopic (exact) mass is 339 g/mol. The Balaban J connectivity index is 1.77. The van der Waals surface area contributed by atoms with E-state index < -0.39 is 0 Å². The van der Waals surface area contributed by atoms with Gasteiger partial charge in [-0.25, -0.2) is 0 Å². The molecule has 1 heteroatoms. The van der Waals surface area contributed by atoms with Crippen LogP contribution in [-0.2, 0) is 0 Å². The van der Waals surface area contributed by atoms with Crippen molar-refractivity contribution in [2.75, 3.05) is 4.90 Å². The standard InChI is InChI=1S/C25H25N/c1-18-4-10-21(11-5-18)24-16-17-25(22-12-6-19(2)7-13-22)26(24)23-14-8-20(3)9-15-23/h4-16,25H,17H2,1-3H3. The Labute approximate surface area is 156 Å². The van der Waals surface area contributed by atoms with Crippen LogP contribution in [0, 0.1) is 20.8 Å². The summed E-state index contributed by atoms with van der Waals surface area (Å²) in [5, 5.41) is 0. The largest absolute Gasteiger partial charge is 0.333 e. The lowest BCUT2D eigenvalue weighted by Gasteiger charge is -2.31. The van der Waals surface area contributed by atoms with Crippen LogP contribution >= 0.6 is 0 Å². The summed E-state index contributed by atoms with van der Waals surface area (Å²) < 4.78 is 0. The van der Waals surface area contributed by atoms with Gasteiger partial charge in [-0.1, -0.05) is 83.4 Å². The third kappa shape index (κ3) is 3.17. The Morgan fingerprint density at radius 3 is 1.73 bits per heavy atom. The summed E-state index contributed by atoms with van der Waals surface area (Å²) in [6.45, 7) is 6.42. The van der Waals surface area contributed by atoms with Gasteiger partial charge in [-0.2, -0.15) is 0 Å². The van der Waals surface area contributed by atoms with E-state index in [9.17, 15) is 0 Å². The van der Waals surface area contributed by atoms with E-state index in [2.05, 4.69) is 105 Å². The van der Waals surface area contributed by atoms with Gasteiger partial charge in [0.2, 0.25) is 0 Å². The van der Waals surface area contributed by atoms with Crippen LogP contribution in [0.5, 0.6) is 0 Å². The molecule has 130 valence electrons. The van der Waals surface area contributed by atoms with E-state index >= 15 is 0 Å². The smallest absolute Gasteiger partial charge is 0.0626 e. The van der Waals surface area contributed by atoms with E-state index in [0.29, 0.717) is 6.04 Å². The number of hydrogen-bond donors (Lipinski definition) is 0. The van der Waals surface area contributed by atoms with Gasteiger partial charge in [0.05, 0.1) is 6.04 Å². The van der Waals surface area contributed by atoms with Gasteiger partial charge in [-0.05, 0) is 50.5 Å². The third-order valence-electron chi connectivity index (χ3n) is 5.23. The first-order valence-corrected chi connectivity index (χ1v) is 9.31. The molecule has 0 radical (unpaired) electrons. The highest BCUT2D eigenvalue weighted by atomic mass is 15.2. The van der Waals surface area contributed by atoms with Crippen molar-refractivity contribution < 1.29 is 0 Å². The molecule has 26 heavy (non-hydrogen) atoms. The van der Waals surface area contributed by atoms with Crippen molar-refractivity contribution in [1.82, 2.24) is 0 Å². The zero-order chi connectivity index (χ0) is 18.1. The topological polar surface area (TPSA) is 3.24 Å². The maximum absolute atomic E-state index is 2.49. The van der Waals surface area contributed by atoms with E-state index in [-0.39, 0.29) is 0 Å². The first-order chi connectivity index (χ1) is 12.6. The average Bonchev–Trinajstić information content (AvgIpc) is 3.08. The fourth-order valence-corrected chi connectivity index (χ4v) is 3.67. The van der Waals surface area contributed by atoms with Crippen LogP contribution < -0.4 is 4.90 Å². The molecule has 4 rings (SSSR count). The van der Waals surface area contributed by atoms with Crippen LogP contribution in [0.15, 0.2) is 78.9 Å². The van der Waals surface area contributed by atoms with Gasteiger partial charge in [0.1, 0.15) is 0 Å². The molecule has 1 aliphatic heterocycles. The molecule has 0 amide bonds. The minimum absolute atomic E-state index is 0.342. The van der Waals surface area contributed by atoms with Crippen LogP contribution in [0.1, 0.15) is 40.3 Å². The number of nitrogens with zero attached hydrogens (tertiary/aromatic N) is 1. The van der Waals surface area contributed by atoms with E-state index in [1.807, 2.05) is 0 Å². The van der Waals surface area contributed by atoms with Gasteiger partial charge < -0.3 is 4.90 Å². The van der Waals surface area contributed by atoms with Crippen molar-refractivity contribution in [2.24, 2.45) is 0 Å². The molecule has 0 spiro atoms. The third-order valence-corrected chi connectivity index (χ3v) is 5.23. The Bertz CT molecular complexity index is 915. The fourth-order valence-electron chi connectivity index (χ4n) is 3.67. The number of aryl methyl sites for hydroxylation is 3. The van der Waals surface area contributed by atoms with Crippen molar-refractivity contribution in [3.63, 3.8) is 0 Å². The molecule has 1 aliphatic rings. The van der Waals surface area contributed by atoms with Crippen molar-refractivity contribution in [3.05, 3.63) is 107 Å². The average molecular weight is 339 g/mol. The Kier molecular flexibility index (Phi) is 4.38. The Hall–Kier alpha value is -2.80. The van der Waals surface area contributed by atoms with E-state index in [1.54, 1.807) is 0 Å². The van der Waals surface area contributed by atoms with Gasteiger partial charge >= 0.3 is 0 Å². The molecule has 3 aromatic rings. The van der Waals surface area contributed by atoms with E-state index in [1.165, 1.54) is 39.2 Å². The molecule has 1 atom stereocenters. The molecular weight excluding hydrogens is 314 g/mol. The van der Waals surface area contributed by atoms with Gasteiger partial charge in [-0.15, -0.1) is 0 Å². The second kappa shape index (κ2) is 6.84. The van der Waals surface area contributed by atoms with Crippen LogP contribution in [0.2, 0.25) is 0 Å². The summed E-state index contributed by atoms with van der Waals surface area (Å²) in [5.74, 6) is 0. The SMILES string of the molecule is Cc1ccc(C2=CCC(c3ccc(C)cc3)N2c2ccc(C)cc2)cc1. The van der Waals surface area contributed by atoms with Crippen LogP contribution in [0.3, 0.4) is 0 Å². The lowest BCUT2D eigenvalue weighted by Crippen LogP contribution is -2.22. The van der Waals surface area contributed by atoms with Crippen molar-refractivity contribution in [1.29, 1.82) is 0 Å². The molecule has 1 unspecified atom stereocenters. The summed E-state index contributed by atoms with van der Waals surface area (Å²) in [4.78, 5) is 2.49. The van der Waals surface area contributed by atoms with Gasteiger partial charge in [-0.3, -0.25) is 0 Å². The second-order valence-corrected chi connectivity index (χ2v) is 7.32. The summed E-state index contributed by atoms with van der Waals surface area (Å²) in [5.41, 5.74) is 9.11. The molecule has 0 fully saturated rings. The molecule has 0 bridgehead atoms. The number of hydrogen-bond acceptors (Lipinski definition) is 1. The van der Waals surface area contributed by atoms with Crippen LogP contribution in [0.4, 0.5) is 5.69 Å². The maximum atomic E-state index is 2.49. The summed E-state index contributed by atoms with van der Waals surface area (Å²) in [6.07, 6.45) is 3.41. The molecule has 3 aromatic carbocycles. The summed E-state index contributed by atoms with van der Waals surface area (Å²) >= 11 is 0. The molecule has 0 aromatic heterocycles.